The molecule has 4 amide bonds. The van der Waals surface area contributed by atoms with Gasteiger partial charge in [0.05, 0.1) is 6.04 Å². The van der Waals surface area contributed by atoms with Crippen molar-refractivity contribution in [3.05, 3.63) is 35.9 Å². The maximum Gasteiger partial charge on any atom is 0.289 e. The lowest BCUT2D eigenvalue weighted by molar-refractivity contribution is -0.140. The Hall–Kier alpha value is -2.79. The molecule has 0 spiro atoms. The molecular weight excluding hydrogens is 542 g/mol. The van der Waals surface area contributed by atoms with Gasteiger partial charge in [-0.25, -0.2) is 0 Å². The molecule has 3 N–H and O–H groups in total. The minimum absolute atomic E-state index is 0.0133. The van der Waals surface area contributed by atoms with Crippen LogP contribution in [0.15, 0.2) is 30.3 Å². The van der Waals surface area contributed by atoms with Gasteiger partial charge >= 0.3 is 0 Å². The topological polar surface area (TPSA) is 128 Å². The number of nitrogens with zero attached hydrogens (tertiary/aromatic N) is 2. The zero-order chi connectivity index (χ0) is 27.1. The highest BCUT2D eigenvalue weighted by Crippen LogP contribution is 2.34. The maximum atomic E-state index is 12.9. The van der Waals surface area contributed by atoms with E-state index in [4.69, 9.17) is 0 Å². The number of hydrogen-bond donors (Lipinski definition) is 3. The Morgan fingerprint density at radius 2 is 1.73 bits per heavy atom. The lowest BCUT2D eigenvalue weighted by Crippen LogP contribution is -2.53. The van der Waals surface area contributed by atoms with Crippen LogP contribution >= 0.6 is 15.9 Å². The van der Waals surface area contributed by atoms with Crippen LogP contribution in [0, 0.1) is 5.92 Å². The second-order valence-corrected chi connectivity index (χ2v) is 11.2. The Morgan fingerprint density at radius 1 is 1.05 bits per heavy atom. The molecule has 3 rings (SSSR count). The first kappa shape index (κ1) is 28.8. The van der Waals surface area contributed by atoms with Crippen molar-refractivity contribution in [3.8, 4) is 0 Å². The van der Waals surface area contributed by atoms with Gasteiger partial charge in [-0.05, 0) is 37.9 Å². The second kappa shape index (κ2) is 13.1. The van der Waals surface area contributed by atoms with Gasteiger partial charge < -0.3 is 20.9 Å². The first-order valence-electron chi connectivity index (χ1n) is 12.6. The van der Waals surface area contributed by atoms with Gasteiger partial charge in [0, 0.05) is 31.9 Å². The standard InChI is InChI=1S/C26H36BrN5O5/c1-31(2)26(37)21(17-7-5-4-6-8-17)30-20(33)11-13-28-25(36)23(34)19(15-16-9-10-16)29-24(35)22-18(27)12-14-32(22)3/h4-8,16,18-19,21-22H,9-15H2,1-3H3,(H,28,36)(H,29,35)(H,30,33). The molecule has 1 aromatic carbocycles. The van der Waals surface area contributed by atoms with Gasteiger partial charge in [0.15, 0.2) is 0 Å². The molecule has 4 atom stereocenters. The molecule has 0 bridgehead atoms. The number of rotatable bonds is 12. The molecule has 10 nitrogen and oxygen atoms in total. The van der Waals surface area contributed by atoms with E-state index in [9.17, 15) is 24.0 Å². The minimum atomic E-state index is -0.900. The van der Waals surface area contributed by atoms with Crippen molar-refractivity contribution in [2.75, 3.05) is 34.2 Å². The fraction of sp³-hybridized carbons (Fsp3) is 0.577. The molecule has 1 aliphatic heterocycles. The number of amides is 4. The summed E-state index contributed by atoms with van der Waals surface area (Å²) in [5.41, 5.74) is 0.644. The largest absolute Gasteiger partial charge is 0.349 e. The van der Waals surface area contributed by atoms with E-state index >= 15 is 0 Å². The van der Waals surface area contributed by atoms with E-state index in [1.165, 1.54) is 4.90 Å². The summed E-state index contributed by atoms with van der Waals surface area (Å²) in [4.78, 5) is 66.9. The third kappa shape index (κ3) is 8.10. The van der Waals surface area contributed by atoms with Gasteiger partial charge in [0.2, 0.25) is 23.5 Å². The monoisotopic (exact) mass is 577 g/mol. The number of alkyl halides is 1. The van der Waals surface area contributed by atoms with E-state index in [1.807, 2.05) is 18.0 Å². The van der Waals surface area contributed by atoms with E-state index in [2.05, 4.69) is 31.9 Å². The van der Waals surface area contributed by atoms with Crippen molar-refractivity contribution in [1.82, 2.24) is 25.8 Å². The number of halogens is 1. The zero-order valence-electron chi connectivity index (χ0n) is 21.5. The normalized spacial score (nSPS) is 21.0. The summed E-state index contributed by atoms with van der Waals surface area (Å²) < 4.78 is 0. The van der Waals surface area contributed by atoms with Gasteiger partial charge in [-0.1, -0.05) is 59.1 Å². The lowest BCUT2D eigenvalue weighted by atomic mass is 10.0. The van der Waals surface area contributed by atoms with Gasteiger partial charge in [-0.3, -0.25) is 28.9 Å². The molecule has 1 aliphatic carbocycles. The number of nitrogens with one attached hydrogen (secondary N) is 3. The summed E-state index contributed by atoms with van der Waals surface area (Å²) in [6, 6.07) is 6.73. The summed E-state index contributed by atoms with van der Waals surface area (Å²) in [5.74, 6) is -2.22. The highest BCUT2D eigenvalue weighted by molar-refractivity contribution is 9.09. The lowest BCUT2D eigenvalue weighted by Gasteiger charge is -2.24. The van der Waals surface area contributed by atoms with Crippen LogP contribution in [0.2, 0.25) is 0 Å². The predicted octanol–water partition coefficient (Wildman–Crippen LogP) is 0.760. The van der Waals surface area contributed by atoms with Crippen molar-refractivity contribution in [2.45, 2.75) is 55.1 Å². The molecule has 1 saturated heterocycles. The molecule has 0 aromatic heterocycles. The highest BCUT2D eigenvalue weighted by atomic mass is 79.9. The van der Waals surface area contributed by atoms with Gasteiger partial charge in [0.25, 0.3) is 5.91 Å². The fourth-order valence-corrected chi connectivity index (χ4v) is 5.25. The molecular formula is C26H36BrN5O5. The molecule has 1 aromatic rings. The Kier molecular flexibility index (Phi) is 10.2. The van der Waals surface area contributed by atoms with Crippen LogP contribution in [0.1, 0.15) is 43.7 Å². The molecule has 11 heteroatoms. The average molecular weight is 579 g/mol. The highest BCUT2D eigenvalue weighted by Gasteiger charge is 2.39. The van der Waals surface area contributed by atoms with Crippen molar-refractivity contribution in [2.24, 2.45) is 5.92 Å². The second-order valence-electron chi connectivity index (χ2n) is 9.98. The fourth-order valence-electron chi connectivity index (χ4n) is 4.40. The molecule has 1 saturated carbocycles. The van der Waals surface area contributed by atoms with Crippen LogP contribution in [0.4, 0.5) is 0 Å². The molecule has 2 aliphatic rings. The van der Waals surface area contributed by atoms with E-state index < -0.39 is 35.7 Å². The summed E-state index contributed by atoms with van der Waals surface area (Å²) in [6.45, 7) is 0.691. The van der Waals surface area contributed by atoms with Crippen molar-refractivity contribution >= 4 is 45.3 Å². The van der Waals surface area contributed by atoms with Gasteiger partial charge in [-0.15, -0.1) is 0 Å². The number of ketones is 1. The summed E-state index contributed by atoms with van der Waals surface area (Å²) in [6.07, 6.45) is 3.08. The van der Waals surface area contributed by atoms with Gasteiger partial charge in [0.1, 0.15) is 12.1 Å². The Bertz CT molecular complexity index is 990. The van der Waals surface area contributed by atoms with E-state index in [-0.39, 0.29) is 29.6 Å². The third-order valence-electron chi connectivity index (χ3n) is 6.73. The van der Waals surface area contributed by atoms with Crippen LogP contribution in [-0.2, 0) is 24.0 Å². The molecule has 2 fully saturated rings. The van der Waals surface area contributed by atoms with Gasteiger partial charge in [-0.2, -0.15) is 0 Å². The summed E-state index contributed by atoms with van der Waals surface area (Å²) in [7, 11) is 5.07. The Balaban J connectivity index is 1.53. The number of carbonyl (C=O) groups excluding carboxylic acids is 5. The van der Waals surface area contributed by atoms with Crippen LogP contribution in [0.5, 0.6) is 0 Å². The quantitative estimate of drug-likeness (QED) is 0.248. The number of carbonyl (C=O) groups is 5. The molecule has 0 radical (unpaired) electrons. The number of hydrogen-bond acceptors (Lipinski definition) is 6. The third-order valence-corrected chi connectivity index (χ3v) is 7.69. The van der Waals surface area contributed by atoms with Crippen LogP contribution in [0.25, 0.3) is 0 Å². The SMILES string of the molecule is CN(C)C(=O)C(NC(=O)CCNC(=O)C(=O)C(CC1CC1)NC(=O)C1C(Br)CCN1C)c1ccccc1. The van der Waals surface area contributed by atoms with E-state index in [1.54, 1.807) is 38.4 Å². The van der Waals surface area contributed by atoms with Crippen LogP contribution in [-0.4, -0.2) is 90.4 Å². The van der Waals surface area contributed by atoms with Crippen LogP contribution < -0.4 is 16.0 Å². The summed E-state index contributed by atoms with van der Waals surface area (Å²) in [5, 5.41) is 8.00. The first-order chi connectivity index (χ1) is 17.6. The van der Waals surface area contributed by atoms with Crippen LogP contribution in [0.3, 0.4) is 0 Å². The molecule has 37 heavy (non-hydrogen) atoms. The molecule has 1 heterocycles. The molecule has 202 valence electrons. The zero-order valence-corrected chi connectivity index (χ0v) is 23.1. The maximum absolute atomic E-state index is 12.9. The summed E-state index contributed by atoms with van der Waals surface area (Å²) >= 11 is 3.53. The number of likely N-dealkylation sites (N-methyl/N-ethyl adjacent to an activating group) is 2. The van der Waals surface area contributed by atoms with E-state index in [0.29, 0.717) is 17.9 Å². The Morgan fingerprint density at radius 3 is 2.30 bits per heavy atom. The van der Waals surface area contributed by atoms with Crippen molar-refractivity contribution < 1.29 is 24.0 Å². The number of benzene rings is 1. The van der Waals surface area contributed by atoms with Crippen molar-refractivity contribution in [1.29, 1.82) is 0 Å². The average Bonchev–Trinajstić information content (AvgIpc) is 3.62. The number of likely N-dealkylation sites (tertiary alicyclic amines) is 1. The Labute approximate surface area is 226 Å². The first-order valence-corrected chi connectivity index (χ1v) is 13.5. The molecule has 4 unspecified atom stereocenters. The van der Waals surface area contributed by atoms with E-state index in [0.717, 1.165) is 25.8 Å². The number of Topliss-reactive ketones (excluding diaryl/α,β-unsaturated/α-hetero) is 1. The van der Waals surface area contributed by atoms with Crippen molar-refractivity contribution in [3.63, 3.8) is 0 Å². The predicted molar refractivity (Wildman–Crippen MR) is 142 cm³/mol. The minimum Gasteiger partial charge on any atom is -0.349 e. The smallest absolute Gasteiger partial charge is 0.289 e.